The lowest BCUT2D eigenvalue weighted by Crippen LogP contribution is -2.27. The third-order valence-electron chi connectivity index (χ3n) is 4.74. The second-order valence-electron chi connectivity index (χ2n) is 6.55. The molecule has 0 saturated carbocycles. The maximum atomic E-state index is 13.1. The largest absolute Gasteiger partial charge is 0.274 e. The lowest BCUT2D eigenvalue weighted by molar-refractivity contribution is -0.385. The van der Waals surface area contributed by atoms with Crippen molar-refractivity contribution in [2.75, 3.05) is 0 Å². The maximum Gasteiger partial charge on any atom is 0.274 e. The molecular formula is C20H14N4O5S. The Balaban J connectivity index is 1.69. The summed E-state index contributed by atoms with van der Waals surface area (Å²) >= 11 is 1.51. The van der Waals surface area contributed by atoms with Crippen LogP contribution in [0, 0.1) is 20.2 Å². The van der Waals surface area contributed by atoms with E-state index in [-0.39, 0.29) is 16.9 Å². The first-order valence-electron chi connectivity index (χ1n) is 8.88. The molecule has 1 aromatic heterocycles. The number of carbonyl (C=O) groups is 1. The lowest BCUT2D eigenvalue weighted by Gasteiger charge is -2.22. The van der Waals surface area contributed by atoms with E-state index in [1.54, 1.807) is 12.1 Å². The Morgan fingerprint density at radius 1 is 0.967 bits per heavy atom. The number of carbonyl (C=O) groups excluding carboxylic acids is 1. The second kappa shape index (κ2) is 7.84. The molecular weight excluding hydrogens is 408 g/mol. The lowest BCUT2D eigenvalue weighted by atomic mass is 10.0. The van der Waals surface area contributed by atoms with Crippen molar-refractivity contribution in [1.29, 1.82) is 0 Å². The van der Waals surface area contributed by atoms with E-state index in [9.17, 15) is 25.0 Å². The van der Waals surface area contributed by atoms with E-state index in [0.29, 0.717) is 12.0 Å². The normalized spacial score (nSPS) is 15.7. The van der Waals surface area contributed by atoms with Crippen LogP contribution in [-0.2, 0) is 0 Å². The summed E-state index contributed by atoms with van der Waals surface area (Å²) in [5, 5.41) is 29.6. The molecule has 0 spiro atoms. The van der Waals surface area contributed by atoms with Gasteiger partial charge in [-0.1, -0.05) is 18.2 Å². The van der Waals surface area contributed by atoms with Gasteiger partial charge in [0.2, 0.25) is 0 Å². The molecule has 0 radical (unpaired) electrons. The van der Waals surface area contributed by atoms with Gasteiger partial charge in [0.15, 0.2) is 0 Å². The van der Waals surface area contributed by atoms with Gasteiger partial charge in [-0.25, -0.2) is 5.01 Å². The van der Waals surface area contributed by atoms with E-state index < -0.39 is 21.8 Å². The molecule has 0 fully saturated rings. The van der Waals surface area contributed by atoms with Crippen LogP contribution in [0.25, 0.3) is 0 Å². The number of rotatable bonds is 5. The predicted octanol–water partition coefficient (Wildman–Crippen LogP) is 4.56. The van der Waals surface area contributed by atoms with E-state index in [1.165, 1.54) is 52.7 Å². The van der Waals surface area contributed by atoms with E-state index in [2.05, 4.69) is 5.10 Å². The zero-order valence-corrected chi connectivity index (χ0v) is 16.2. The zero-order valence-electron chi connectivity index (χ0n) is 15.4. The van der Waals surface area contributed by atoms with Crippen LogP contribution in [0.15, 0.2) is 71.1 Å². The molecule has 1 amide bonds. The molecule has 4 rings (SSSR count). The average molecular weight is 422 g/mol. The zero-order chi connectivity index (χ0) is 21.3. The molecule has 0 aliphatic carbocycles. The van der Waals surface area contributed by atoms with Gasteiger partial charge >= 0.3 is 0 Å². The number of nitrogens with zero attached hydrogens (tertiary/aromatic N) is 4. The van der Waals surface area contributed by atoms with Crippen LogP contribution in [0.4, 0.5) is 11.4 Å². The minimum Gasteiger partial charge on any atom is -0.267 e. The molecule has 3 aromatic rings. The van der Waals surface area contributed by atoms with Crippen LogP contribution >= 0.6 is 11.3 Å². The molecule has 1 aliphatic rings. The molecule has 10 heteroatoms. The van der Waals surface area contributed by atoms with Gasteiger partial charge in [-0.3, -0.25) is 25.0 Å². The van der Waals surface area contributed by atoms with E-state index in [4.69, 9.17) is 0 Å². The van der Waals surface area contributed by atoms with Crippen LogP contribution in [0.3, 0.4) is 0 Å². The van der Waals surface area contributed by atoms with Crippen LogP contribution in [0.5, 0.6) is 0 Å². The van der Waals surface area contributed by atoms with Gasteiger partial charge in [0.25, 0.3) is 17.3 Å². The highest BCUT2D eigenvalue weighted by molar-refractivity contribution is 7.12. The molecule has 2 aromatic carbocycles. The second-order valence-corrected chi connectivity index (χ2v) is 7.49. The van der Waals surface area contributed by atoms with Crippen LogP contribution in [-0.4, -0.2) is 26.5 Å². The summed E-state index contributed by atoms with van der Waals surface area (Å²) in [6.45, 7) is 0. The number of amides is 1. The first-order valence-corrected chi connectivity index (χ1v) is 9.76. The molecule has 150 valence electrons. The van der Waals surface area contributed by atoms with E-state index >= 15 is 0 Å². The first-order chi connectivity index (χ1) is 14.4. The van der Waals surface area contributed by atoms with Gasteiger partial charge < -0.3 is 0 Å². The summed E-state index contributed by atoms with van der Waals surface area (Å²) in [5.41, 5.74) is 1.57. The predicted molar refractivity (Wildman–Crippen MR) is 111 cm³/mol. The van der Waals surface area contributed by atoms with Gasteiger partial charge in [-0.05, 0) is 29.1 Å². The number of thiophene rings is 1. The van der Waals surface area contributed by atoms with Crippen molar-refractivity contribution >= 4 is 34.3 Å². The van der Waals surface area contributed by atoms with Crippen molar-refractivity contribution in [2.45, 2.75) is 12.5 Å². The summed E-state index contributed by atoms with van der Waals surface area (Å²) < 4.78 is 0. The Labute approximate surface area is 174 Å². The summed E-state index contributed by atoms with van der Waals surface area (Å²) in [6, 6.07) is 14.7. The highest BCUT2D eigenvalue weighted by Crippen LogP contribution is 2.35. The van der Waals surface area contributed by atoms with Crippen molar-refractivity contribution in [3.8, 4) is 0 Å². The molecule has 1 aliphatic heterocycles. The monoisotopic (exact) mass is 422 g/mol. The molecule has 2 heterocycles. The number of hydrogen-bond acceptors (Lipinski definition) is 7. The fourth-order valence-electron chi connectivity index (χ4n) is 3.22. The fourth-order valence-corrected chi connectivity index (χ4v) is 3.95. The van der Waals surface area contributed by atoms with Crippen LogP contribution in [0.2, 0.25) is 0 Å². The van der Waals surface area contributed by atoms with Crippen molar-refractivity contribution in [2.24, 2.45) is 5.10 Å². The van der Waals surface area contributed by atoms with Gasteiger partial charge in [-0.15, -0.1) is 11.3 Å². The Bertz CT molecular complexity index is 1140. The molecule has 1 unspecified atom stereocenters. The minimum absolute atomic E-state index is 0.0376. The number of hydrogen-bond donors (Lipinski definition) is 0. The van der Waals surface area contributed by atoms with Crippen molar-refractivity contribution in [3.05, 3.63) is 102 Å². The highest BCUT2D eigenvalue weighted by Gasteiger charge is 2.34. The third kappa shape index (κ3) is 3.67. The summed E-state index contributed by atoms with van der Waals surface area (Å²) in [4.78, 5) is 34.9. The SMILES string of the molecule is O=C(c1ccc([N+](=O)[O-])cc1)N1N=C(c2cccs2)CC1c1ccc([N+](=O)[O-])cc1. The number of non-ortho nitro benzene ring substituents is 2. The van der Waals surface area contributed by atoms with Gasteiger partial charge in [0.05, 0.1) is 26.5 Å². The molecule has 0 bridgehead atoms. The summed E-state index contributed by atoms with van der Waals surface area (Å²) in [6.07, 6.45) is 0.455. The average Bonchev–Trinajstić information content (AvgIpc) is 3.43. The van der Waals surface area contributed by atoms with Gasteiger partial charge in [-0.2, -0.15) is 5.10 Å². The first kappa shape index (κ1) is 19.4. The van der Waals surface area contributed by atoms with E-state index in [1.807, 2.05) is 17.5 Å². The number of benzene rings is 2. The fraction of sp³-hybridized carbons (Fsp3) is 0.100. The molecule has 1 atom stereocenters. The van der Waals surface area contributed by atoms with Crippen LogP contribution in [0.1, 0.15) is 33.3 Å². The summed E-state index contributed by atoms with van der Waals surface area (Å²) in [7, 11) is 0. The Morgan fingerprint density at radius 2 is 1.57 bits per heavy atom. The van der Waals surface area contributed by atoms with Gasteiger partial charge in [0.1, 0.15) is 0 Å². The molecule has 0 saturated heterocycles. The smallest absolute Gasteiger partial charge is 0.267 e. The summed E-state index contributed by atoms with van der Waals surface area (Å²) in [5.74, 6) is -0.403. The Morgan fingerprint density at radius 3 is 2.10 bits per heavy atom. The number of nitro groups is 2. The van der Waals surface area contributed by atoms with Gasteiger partial charge in [0, 0.05) is 36.2 Å². The van der Waals surface area contributed by atoms with Crippen LogP contribution < -0.4 is 0 Å². The van der Waals surface area contributed by atoms with E-state index in [0.717, 1.165) is 10.6 Å². The van der Waals surface area contributed by atoms with Crippen molar-refractivity contribution in [1.82, 2.24) is 5.01 Å². The minimum atomic E-state index is -0.531. The van der Waals surface area contributed by atoms with Crippen molar-refractivity contribution in [3.63, 3.8) is 0 Å². The molecule has 30 heavy (non-hydrogen) atoms. The molecule has 9 nitrogen and oxygen atoms in total. The van der Waals surface area contributed by atoms with Crippen molar-refractivity contribution < 1.29 is 14.6 Å². The third-order valence-corrected chi connectivity index (χ3v) is 5.66. The standard InChI is InChI=1S/C20H14N4O5S/c25-20(14-5-9-16(10-6-14)24(28)29)22-18(12-17(21-22)19-2-1-11-30-19)13-3-7-15(8-4-13)23(26)27/h1-11,18H,12H2. The quantitative estimate of drug-likeness (QED) is 0.441. The topological polar surface area (TPSA) is 119 Å². The highest BCUT2D eigenvalue weighted by atomic mass is 32.1. The number of nitro benzene ring substituents is 2. The Hall–Kier alpha value is -3.92. The molecule has 0 N–H and O–H groups in total. The number of hydrazone groups is 1. The Kier molecular flexibility index (Phi) is 5.07. The maximum absolute atomic E-state index is 13.1.